The van der Waals surface area contributed by atoms with Gasteiger partial charge < -0.3 is 9.64 Å². The van der Waals surface area contributed by atoms with Crippen molar-refractivity contribution in [1.82, 2.24) is 20.2 Å². The number of hydrogen-bond donors (Lipinski definition) is 0. The maximum atomic E-state index is 5.42. The summed E-state index contributed by atoms with van der Waals surface area (Å²) in [6.45, 7) is 5.14. The largest absolute Gasteiger partial charge is 0.378 e. The van der Waals surface area contributed by atoms with Crippen molar-refractivity contribution in [1.29, 1.82) is 0 Å². The smallest absolute Gasteiger partial charge is 0.209 e. The predicted octanol–water partition coefficient (Wildman–Crippen LogP) is 4.51. The minimum Gasteiger partial charge on any atom is -0.378 e. The third-order valence-electron chi connectivity index (χ3n) is 4.39. The van der Waals surface area contributed by atoms with E-state index in [4.69, 9.17) is 4.74 Å². The van der Waals surface area contributed by atoms with Crippen LogP contribution in [0.25, 0.3) is 20.7 Å². The molecule has 0 unspecified atom stereocenters. The van der Waals surface area contributed by atoms with Gasteiger partial charge in [-0.1, -0.05) is 41.7 Å². The van der Waals surface area contributed by atoms with Crippen molar-refractivity contribution in [2.75, 3.05) is 31.2 Å². The summed E-state index contributed by atoms with van der Waals surface area (Å²) in [6.07, 6.45) is 0. The van der Waals surface area contributed by atoms with Gasteiger partial charge in [0.15, 0.2) is 4.34 Å². The van der Waals surface area contributed by atoms with E-state index in [1.165, 1.54) is 10.4 Å². The zero-order valence-corrected chi connectivity index (χ0v) is 17.6. The van der Waals surface area contributed by atoms with Crippen molar-refractivity contribution in [3.8, 4) is 10.4 Å². The van der Waals surface area contributed by atoms with Crippen LogP contribution in [0, 0.1) is 6.92 Å². The number of nitrogens with zero attached hydrogens (tertiary/aromatic N) is 5. The molecule has 0 atom stereocenters. The highest BCUT2D eigenvalue weighted by Crippen LogP contribution is 2.40. The molecule has 0 saturated carbocycles. The van der Waals surface area contributed by atoms with E-state index in [0.29, 0.717) is 0 Å². The van der Waals surface area contributed by atoms with Crippen LogP contribution in [0.3, 0.4) is 0 Å². The van der Waals surface area contributed by atoms with Crippen LogP contribution in [-0.2, 0) is 4.74 Å². The molecule has 4 aromatic rings. The minimum absolute atomic E-state index is 0.741. The van der Waals surface area contributed by atoms with Crippen LogP contribution in [0.4, 0.5) is 5.13 Å². The molecule has 6 nitrogen and oxygen atoms in total. The van der Waals surface area contributed by atoms with Gasteiger partial charge in [0.05, 0.1) is 13.2 Å². The first kappa shape index (κ1) is 18.0. The molecule has 1 aromatic carbocycles. The van der Waals surface area contributed by atoms with E-state index in [0.717, 1.165) is 56.8 Å². The lowest BCUT2D eigenvalue weighted by atomic mass is 10.2. The summed E-state index contributed by atoms with van der Waals surface area (Å²) < 4.78 is 6.31. The molecule has 0 N–H and O–H groups in total. The Morgan fingerprint density at radius 1 is 1.04 bits per heavy atom. The molecule has 5 rings (SSSR count). The highest BCUT2D eigenvalue weighted by Gasteiger charge is 2.18. The Bertz CT molecular complexity index is 1110. The van der Waals surface area contributed by atoms with Gasteiger partial charge in [0.25, 0.3) is 0 Å². The van der Waals surface area contributed by atoms with Crippen LogP contribution >= 0.6 is 34.4 Å². The maximum absolute atomic E-state index is 5.42. The number of aromatic nitrogens is 4. The first-order valence-corrected chi connectivity index (χ1v) is 11.4. The second kappa shape index (κ2) is 7.75. The number of thiophene rings is 1. The maximum Gasteiger partial charge on any atom is 0.209 e. The standard InChI is InChI=1S/C19H17N5OS3/c1-12-20-16-14(11-15(26-16)13-5-3-2-4-6-13)17(21-12)27-19-23-22-18(28-19)24-7-9-25-10-8-24/h2-6,11H,7-10H2,1H3. The Morgan fingerprint density at radius 3 is 2.68 bits per heavy atom. The fraction of sp³-hybridized carbons (Fsp3) is 0.263. The van der Waals surface area contributed by atoms with Crippen LogP contribution in [0.15, 0.2) is 45.8 Å². The van der Waals surface area contributed by atoms with Crippen molar-refractivity contribution < 1.29 is 4.74 Å². The first-order chi connectivity index (χ1) is 13.8. The van der Waals surface area contributed by atoms with E-state index >= 15 is 0 Å². The van der Waals surface area contributed by atoms with E-state index < -0.39 is 0 Å². The fourth-order valence-corrected chi connectivity index (χ4v) is 6.12. The monoisotopic (exact) mass is 427 g/mol. The van der Waals surface area contributed by atoms with E-state index in [2.05, 4.69) is 55.4 Å². The molecular formula is C19H17N5OS3. The molecular weight excluding hydrogens is 410 g/mol. The molecule has 1 aliphatic rings. The summed E-state index contributed by atoms with van der Waals surface area (Å²) in [5, 5.41) is 11.7. The minimum atomic E-state index is 0.741. The number of morpholine rings is 1. The van der Waals surface area contributed by atoms with Crippen LogP contribution < -0.4 is 4.90 Å². The molecule has 4 heterocycles. The summed E-state index contributed by atoms with van der Waals surface area (Å²) >= 11 is 4.87. The number of hydrogen-bond acceptors (Lipinski definition) is 9. The van der Waals surface area contributed by atoms with Crippen molar-refractivity contribution in [2.45, 2.75) is 16.3 Å². The lowest BCUT2D eigenvalue weighted by molar-refractivity contribution is 0.122. The summed E-state index contributed by atoms with van der Waals surface area (Å²) in [5.74, 6) is 0.773. The van der Waals surface area contributed by atoms with Crippen LogP contribution in [0.5, 0.6) is 0 Å². The number of benzene rings is 1. The Morgan fingerprint density at radius 2 is 1.86 bits per heavy atom. The highest BCUT2D eigenvalue weighted by atomic mass is 32.2. The summed E-state index contributed by atoms with van der Waals surface area (Å²) in [6, 6.07) is 12.6. The van der Waals surface area contributed by atoms with Gasteiger partial charge >= 0.3 is 0 Å². The molecule has 0 spiro atoms. The average molecular weight is 428 g/mol. The summed E-state index contributed by atoms with van der Waals surface area (Å²) in [5.41, 5.74) is 1.20. The predicted molar refractivity (Wildman–Crippen MR) is 115 cm³/mol. The Hall–Kier alpha value is -2.07. The third kappa shape index (κ3) is 3.62. The van der Waals surface area contributed by atoms with E-state index in [1.54, 1.807) is 34.4 Å². The molecule has 0 bridgehead atoms. The SMILES string of the molecule is Cc1nc(Sc2nnc(N3CCOCC3)s2)c2cc(-c3ccccc3)sc2n1. The van der Waals surface area contributed by atoms with Gasteiger partial charge in [0.1, 0.15) is 15.7 Å². The normalized spacial score (nSPS) is 14.7. The van der Waals surface area contributed by atoms with Crippen LogP contribution in [-0.4, -0.2) is 46.5 Å². The molecule has 142 valence electrons. The fourth-order valence-electron chi connectivity index (χ4n) is 3.03. The van der Waals surface area contributed by atoms with Crippen LogP contribution in [0.1, 0.15) is 5.82 Å². The molecule has 1 fully saturated rings. The quantitative estimate of drug-likeness (QED) is 0.444. The molecule has 28 heavy (non-hydrogen) atoms. The summed E-state index contributed by atoms with van der Waals surface area (Å²) in [7, 11) is 0. The van der Waals surface area contributed by atoms with Gasteiger partial charge in [0.2, 0.25) is 5.13 Å². The lowest BCUT2D eigenvalue weighted by Crippen LogP contribution is -2.36. The zero-order valence-electron chi connectivity index (χ0n) is 15.2. The number of ether oxygens (including phenoxy) is 1. The molecule has 3 aromatic heterocycles. The van der Waals surface area contributed by atoms with E-state index in [-0.39, 0.29) is 0 Å². The molecule has 9 heteroatoms. The lowest BCUT2D eigenvalue weighted by Gasteiger charge is -2.25. The van der Waals surface area contributed by atoms with Gasteiger partial charge in [-0.15, -0.1) is 21.5 Å². The molecule has 0 radical (unpaired) electrons. The summed E-state index contributed by atoms with van der Waals surface area (Å²) in [4.78, 5) is 13.8. The topological polar surface area (TPSA) is 64.0 Å². The van der Waals surface area contributed by atoms with Gasteiger partial charge in [0, 0.05) is 23.4 Å². The first-order valence-electron chi connectivity index (χ1n) is 8.94. The van der Waals surface area contributed by atoms with Gasteiger partial charge in [-0.25, -0.2) is 9.97 Å². The van der Waals surface area contributed by atoms with Crippen molar-refractivity contribution >= 4 is 49.8 Å². The number of fused-ring (bicyclic) bond motifs is 1. The number of aryl methyl sites for hydroxylation is 1. The van der Waals surface area contributed by atoms with E-state index in [1.807, 2.05) is 13.0 Å². The van der Waals surface area contributed by atoms with Crippen molar-refractivity contribution in [2.24, 2.45) is 0 Å². The van der Waals surface area contributed by atoms with Gasteiger partial charge in [-0.2, -0.15) is 0 Å². The van der Waals surface area contributed by atoms with Gasteiger partial charge in [-0.3, -0.25) is 0 Å². The highest BCUT2D eigenvalue weighted by molar-refractivity contribution is 8.01. The van der Waals surface area contributed by atoms with Crippen molar-refractivity contribution in [3.05, 3.63) is 42.2 Å². The Kier molecular flexibility index (Phi) is 4.98. The second-order valence-corrected chi connectivity index (χ2v) is 9.55. The average Bonchev–Trinajstić information content (AvgIpc) is 3.36. The number of anilines is 1. The third-order valence-corrected chi connectivity index (χ3v) is 7.51. The molecule has 0 amide bonds. The molecule has 0 aliphatic carbocycles. The van der Waals surface area contributed by atoms with E-state index in [9.17, 15) is 0 Å². The van der Waals surface area contributed by atoms with Crippen molar-refractivity contribution in [3.63, 3.8) is 0 Å². The Labute approximate surface area is 174 Å². The Balaban J connectivity index is 1.47. The molecule has 1 saturated heterocycles. The molecule has 1 aliphatic heterocycles. The van der Waals surface area contributed by atoms with Crippen LogP contribution in [0.2, 0.25) is 0 Å². The van der Waals surface area contributed by atoms with Gasteiger partial charge in [-0.05, 0) is 30.3 Å². The second-order valence-electron chi connectivity index (χ2n) is 6.32. The number of rotatable bonds is 4. The zero-order chi connectivity index (χ0) is 18.9.